The van der Waals surface area contributed by atoms with Crippen molar-refractivity contribution in [2.45, 2.75) is 13.3 Å². The number of carbonyl (C=O) groups is 2. The third-order valence-electron chi connectivity index (χ3n) is 3.26. The van der Waals surface area contributed by atoms with E-state index in [1.54, 1.807) is 30.3 Å². The van der Waals surface area contributed by atoms with Crippen molar-refractivity contribution in [3.63, 3.8) is 0 Å². The van der Waals surface area contributed by atoms with Gasteiger partial charge in [0, 0.05) is 10.7 Å². The van der Waals surface area contributed by atoms with Gasteiger partial charge in [-0.25, -0.2) is 4.79 Å². The van der Waals surface area contributed by atoms with E-state index in [1.807, 2.05) is 6.92 Å². The van der Waals surface area contributed by atoms with Crippen molar-refractivity contribution in [3.8, 4) is 0 Å². The van der Waals surface area contributed by atoms with Gasteiger partial charge in [-0.15, -0.1) is 0 Å². The molecule has 24 heavy (non-hydrogen) atoms. The van der Waals surface area contributed by atoms with Gasteiger partial charge in [0.2, 0.25) is 5.91 Å². The number of rotatable bonds is 4. The number of aryl methyl sites for hydroxylation is 1. The zero-order chi connectivity index (χ0) is 17.7. The summed E-state index contributed by atoms with van der Waals surface area (Å²) >= 11 is 10.9. The lowest BCUT2D eigenvalue weighted by atomic mass is 10.1. The minimum absolute atomic E-state index is 0.111. The number of aromatic carboxylic acids is 1. The van der Waals surface area contributed by atoms with Crippen molar-refractivity contribution in [2.75, 3.05) is 5.32 Å². The van der Waals surface area contributed by atoms with Crippen LogP contribution in [0.1, 0.15) is 21.5 Å². The van der Waals surface area contributed by atoms with Crippen LogP contribution in [-0.4, -0.2) is 22.1 Å². The molecule has 0 aromatic heterocycles. The molecule has 0 aliphatic heterocycles. The maximum atomic E-state index is 12.0. The van der Waals surface area contributed by atoms with Crippen LogP contribution < -0.4 is 10.6 Å². The van der Waals surface area contributed by atoms with Crippen molar-refractivity contribution in [3.05, 3.63) is 64.2 Å². The Morgan fingerprint density at radius 1 is 1.17 bits per heavy atom. The van der Waals surface area contributed by atoms with E-state index in [9.17, 15) is 9.59 Å². The van der Waals surface area contributed by atoms with Gasteiger partial charge in [-0.1, -0.05) is 29.8 Å². The summed E-state index contributed by atoms with van der Waals surface area (Å²) in [6.07, 6.45) is 0.160. The van der Waals surface area contributed by atoms with Crippen molar-refractivity contribution in [1.82, 2.24) is 5.32 Å². The first kappa shape index (κ1) is 17.9. The van der Waals surface area contributed by atoms with Crippen LogP contribution in [0.2, 0.25) is 5.02 Å². The lowest BCUT2D eigenvalue weighted by Crippen LogP contribution is -2.35. The molecule has 2 rings (SSSR count). The Kier molecular flexibility index (Phi) is 5.89. The molecule has 7 heteroatoms. The van der Waals surface area contributed by atoms with Gasteiger partial charge in [-0.05, 0) is 54.5 Å². The van der Waals surface area contributed by atoms with Crippen molar-refractivity contribution < 1.29 is 14.7 Å². The molecule has 1 amide bonds. The highest BCUT2D eigenvalue weighted by Gasteiger charge is 2.10. The van der Waals surface area contributed by atoms with Crippen LogP contribution in [0.15, 0.2) is 42.5 Å². The van der Waals surface area contributed by atoms with Gasteiger partial charge in [0.25, 0.3) is 0 Å². The normalized spacial score (nSPS) is 10.1. The van der Waals surface area contributed by atoms with E-state index in [0.717, 1.165) is 11.1 Å². The van der Waals surface area contributed by atoms with Gasteiger partial charge in [-0.3, -0.25) is 4.79 Å². The lowest BCUT2D eigenvalue weighted by molar-refractivity contribution is -0.119. The Labute approximate surface area is 149 Å². The average Bonchev–Trinajstić information content (AvgIpc) is 2.51. The average molecular weight is 363 g/mol. The molecule has 0 saturated carbocycles. The van der Waals surface area contributed by atoms with Crippen LogP contribution in [0.3, 0.4) is 0 Å². The smallest absolute Gasteiger partial charge is 0.335 e. The number of carboxylic acids is 1. The fraction of sp³-hybridized carbons (Fsp3) is 0.118. The molecule has 0 fully saturated rings. The molecule has 2 aromatic carbocycles. The van der Waals surface area contributed by atoms with E-state index in [4.69, 9.17) is 28.9 Å². The molecule has 0 radical (unpaired) electrons. The fourth-order valence-electron chi connectivity index (χ4n) is 2.00. The summed E-state index contributed by atoms with van der Waals surface area (Å²) in [7, 11) is 0. The minimum Gasteiger partial charge on any atom is -0.478 e. The van der Waals surface area contributed by atoms with Crippen LogP contribution in [0.25, 0.3) is 0 Å². The highest BCUT2D eigenvalue weighted by atomic mass is 35.5. The summed E-state index contributed by atoms with van der Waals surface area (Å²) in [6.45, 7) is 1.81. The van der Waals surface area contributed by atoms with Gasteiger partial charge in [0.05, 0.1) is 12.0 Å². The number of carbonyl (C=O) groups excluding carboxylic acids is 1. The van der Waals surface area contributed by atoms with Crippen LogP contribution in [0.5, 0.6) is 0 Å². The molecular formula is C17H15ClN2O3S. The Balaban J connectivity index is 1.97. The highest BCUT2D eigenvalue weighted by molar-refractivity contribution is 7.80. The number of halogens is 1. The number of carboxylic acid groups (broad SMARTS) is 1. The second kappa shape index (κ2) is 7.90. The molecule has 0 unspecified atom stereocenters. The van der Waals surface area contributed by atoms with Gasteiger partial charge in [-0.2, -0.15) is 0 Å². The standard InChI is InChI=1S/C17H15ClN2O3S/c1-10-2-5-12(16(22)23)9-14(10)19-17(24)20-15(21)8-11-3-6-13(18)7-4-11/h2-7,9H,8H2,1H3,(H,22,23)(H2,19,20,21,24). The number of hydrogen-bond donors (Lipinski definition) is 3. The maximum absolute atomic E-state index is 12.0. The Bertz CT molecular complexity index is 791. The Morgan fingerprint density at radius 3 is 2.46 bits per heavy atom. The zero-order valence-corrected chi connectivity index (χ0v) is 14.4. The predicted molar refractivity (Wildman–Crippen MR) is 97.7 cm³/mol. The number of anilines is 1. The summed E-state index contributed by atoms with van der Waals surface area (Å²) in [5.41, 5.74) is 2.29. The maximum Gasteiger partial charge on any atom is 0.335 e. The third-order valence-corrected chi connectivity index (χ3v) is 3.72. The van der Waals surface area contributed by atoms with Gasteiger partial charge < -0.3 is 15.7 Å². The zero-order valence-electron chi connectivity index (χ0n) is 12.8. The molecule has 0 aliphatic rings. The molecule has 0 aliphatic carbocycles. The van der Waals surface area contributed by atoms with Crippen LogP contribution >= 0.6 is 23.8 Å². The molecular weight excluding hydrogens is 348 g/mol. The summed E-state index contributed by atoms with van der Waals surface area (Å²) in [5, 5.41) is 15.2. The van der Waals surface area contributed by atoms with Crippen molar-refractivity contribution >= 4 is 46.5 Å². The quantitative estimate of drug-likeness (QED) is 0.726. The molecule has 0 saturated heterocycles. The van der Waals surface area contributed by atoms with Crippen molar-refractivity contribution in [1.29, 1.82) is 0 Å². The molecule has 5 nitrogen and oxygen atoms in total. The first-order valence-corrected chi connectivity index (χ1v) is 7.83. The van der Waals surface area contributed by atoms with E-state index in [0.29, 0.717) is 10.7 Å². The molecule has 124 valence electrons. The summed E-state index contributed by atoms with van der Waals surface area (Å²) < 4.78 is 0. The summed E-state index contributed by atoms with van der Waals surface area (Å²) in [4.78, 5) is 23.0. The van der Waals surface area contributed by atoms with E-state index < -0.39 is 5.97 Å². The Morgan fingerprint density at radius 2 is 1.83 bits per heavy atom. The number of thiocarbonyl (C=S) groups is 1. The van der Waals surface area contributed by atoms with Crippen molar-refractivity contribution in [2.24, 2.45) is 0 Å². The molecule has 0 bridgehead atoms. The third kappa shape index (κ3) is 5.04. The minimum atomic E-state index is -1.03. The monoisotopic (exact) mass is 362 g/mol. The largest absolute Gasteiger partial charge is 0.478 e. The van der Waals surface area contributed by atoms with E-state index in [-0.39, 0.29) is 23.0 Å². The highest BCUT2D eigenvalue weighted by Crippen LogP contribution is 2.17. The number of benzene rings is 2. The number of amides is 1. The number of hydrogen-bond acceptors (Lipinski definition) is 3. The summed E-state index contributed by atoms with van der Waals surface area (Å²) in [5.74, 6) is -1.31. The predicted octanol–water partition coefficient (Wildman–Crippen LogP) is 3.40. The van der Waals surface area contributed by atoms with Crippen LogP contribution in [-0.2, 0) is 11.2 Å². The van der Waals surface area contributed by atoms with Gasteiger partial charge >= 0.3 is 5.97 Å². The molecule has 2 aromatic rings. The van der Waals surface area contributed by atoms with Gasteiger partial charge in [0.1, 0.15) is 0 Å². The first-order chi connectivity index (χ1) is 11.3. The Hall–Kier alpha value is -2.44. The van der Waals surface area contributed by atoms with Crippen LogP contribution in [0, 0.1) is 6.92 Å². The van der Waals surface area contributed by atoms with E-state index in [1.165, 1.54) is 12.1 Å². The lowest BCUT2D eigenvalue weighted by Gasteiger charge is -2.12. The van der Waals surface area contributed by atoms with Crippen LogP contribution in [0.4, 0.5) is 5.69 Å². The van der Waals surface area contributed by atoms with Gasteiger partial charge in [0.15, 0.2) is 5.11 Å². The molecule has 3 N–H and O–H groups in total. The molecule has 0 spiro atoms. The topological polar surface area (TPSA) is 78.4 Å². The SMILES string of the molecule is Cc1ccc(C(=O)O)cc1NC(=S)NC(=O)Cc1ccc(Cl)cc1. The van der Waals surface area contributed by atoms with E-state index >= 15 is 0 Å². The second-order valence-corrected chi connectivity index (χ2v) is 5.99. The summed E-state index contributed by atoms with van der Waals surface area (Å²) in [6, 6.07) is 11.6. The first-order valence-electron chi connectivity index (χ1n) is 7.04. The fourth-order valence-corrected chi connectivity index (χ4v) is 2.35. The molecule has 0 atom stereocenters. The molecule has 0 heterocycles. The number of nitrogens with one attached hydrogen (secondary N) is 2. The van der Waals surface area contributed by atoms with E-state index in [2.05, 4.69) is 10.6 Å². The second-order valence-electron chi connectivity index (χ2n) is 5.14.